The first-order chi connectivity index (χ1) is 9.16. The van der Waals surface area contributed by atoms with E-state index >= 15 is 0 Å². The van der Waals surface area contributed by atoms with Crippen LogP contribution < -0.4 is 11.1 Å². The number of halogens is 1. The molecule has 19 heavy (non-hydrogen) atoms. The van der Waals surface area contributed by atoms with Gasteiger partial charge in [0.2, 0.25) is 5.91 Å². The third-order valence-electron chi connectivity index (χ3n) is 3.37. The van der Waals surface area contributed by atoms with Crippen molar-refractivity contribution in [3.8, 4) is 0 Å². The van der Waals surface area contributed by atoms with Gasteiger partial charge in [-0.15, -0.1) is 0 Å². The van der Waals surface area contributed by atoms with Gasteiger partial charge in [0.25, 0.3) is 0 Å². The number of benzene rings is 1. The van der Waals surface area contributed by atoms with Crippen molar-refractivity contribution in [2.45, 2.75) is 32.1 Å². The zero-order valence-corrected chi connectivity index (χ0v) is 10.9. The fraction of sp³-hybridized carbons (Fsp3) is 0.400. The van der Waals surface area contributed by atoms with Crippen LogP contribution in [0.25, 0.3) is 0 Å². The Morgan fingerprint density at radius 3 is 2.84 bits per heavy atom. The Kier molecular flexibility index (Phi) is 4.55. The predicted octanol–water partition coefficient (Wildman–Crippen LogP) is 2.27. The summed E-state index contributed by atoms with van der Waals surface area (Å²) in [6.45, 7) is 0.499. The van der Waals surface area contributed by atoms with E-state index in [0.717, 1.165) is 42.5 Å². The fourth-order valence-corrected chi connectivity index (χ4v) is 2.31. The standard InChI is InChI=1S/C15H19FN2O/c16-12-5-3-4-11(10-12)8-9-18-15(19)13-6-1-2-7-14(13)17/h3-5,10H,1-2,6-9,17H2,(H,18,19). The first-order valence-corrected chi connectivity index (χ1v) is 6.67. The molecule has 102 valence electrons. The number of amides is 1. The molecule has 1 aliphatic rings. The minimum absolute atomic E-state index is 0.0754. The number of rotatable bonds is 4. The number of nitrogens with two attached hydrogens (primary N) is 1. The van der Waals surface area contributed by atoms with Crippen molar-refractivity contribution in [1.29, 1.82) is 0 Å². The van der Waals surface area contributed by atoms with E-state index in [9.17, 15) is 9.18 Å². The summed E-state index contributed by atoms with van der Waals surface area (Å²) in [5.74, 6) is -0.323. The molecule has 0 radical (unpaired) electrons. The van der Waals surface area contributed by atoms with Crippen molar-refractivity contribution in [2.24, 2.45) is 5.73 Å². The van der Waals surface area contributed by atoms with Crippen molar-refractivity contribution in [3.05, 3.63) is 46.9 Å². The Balaban J connectivity index is 1.84. The first-order valence-electron chi connectivity index (χ1n) is 6.67. The molecule has 1 amide bonds. The number of allylic oxidation sites excluding steroid dienone is 1. The molecular weight excluding hydrogens is 243 g/mol. The molecule has 3 N–H and O–H groups in total. The summed E-state index contributed by atoms with van der Waals surface area (Å²) >= 11 is 0. The predicted molar refractivity (Wildman–Crippen MR) is 72.8 cm³/mol. The number of nitrogens with one attached hydrogen (secondary N) is 1. The lowest BCUT2D eigenvalue weighted by Gasteiger charge is -2.16. The van der Waals surface area contributed by atoms with Crippen molar-refractivity contribution in [1.82, 2.24) is 5.32 Å². The van der Waals surface area contributed by atoms with Gasteiger partial charge in [0.05, 0.1) is 0 Å². The summed E-state index contributed by atoms with van der Waals surface area (Å²) < 4.78 is 13.0. The Bertz CT molecular complexity index is 497. The first kappa shape index (κ1) is 13.6. The van der Waals surface area contributed by atoms with Gasteiger partial charge in [-0.3, -0.25) is 4.79 Å². The lowest BCUT2D eigenvalue weighted by molar-refractivity contribution is -0.117. The van der Waals surface area contributed by atoms with Gasteiger partial charge in [0.15, 0.2) is 0 Å². The van der Waals surface area contributed by atoms with Gasteiger partial charge in [0, 0.05) is 17.8 Å². The fourth-order valence-electron chi connectivity index (χ4n) is 2.31. The van der Waals surface area contributed by atoms with Crippen LogP contribution in [0.5, 0.6) is 0 Å². The second-order valence-electron chi connectivity index (χ2n) is 4.85. The topological polar surface area (TPSA) is 55.1 Å². The monoisotopic (exact) mass is 262 g/mol. The largest absolute Gasteiger partial charge is 0.402 e. The molecule has 0 aromatic heterocycles. The summed E-state index contributed by atoms with van der Waals surface area (Å²) in [5.41, 5.74) is 8.18. The van der Waals surface area contributed by atoms with E-state index in [1.165, 1.54) is 12.1 Å². The second-order valence-corrected chi connectivity index (χ2v) is 4.85. The summed E-state index contributed by atoms with van der Waals surface area (Å²) in [5, 5.41) is 2.85. The molecule has 1 aromatic rings. The normalized spacial score (nSPS) is 15.4. The maximum absolute atomic E-state index is 13.0. The third kappa shape index (κ3) is 3.81. The minimum Gasteiger partial charge on any atom is -0.402 e. The molecule has 0 aliphatic heterocycles. The molecule has 0 fully saturated rings. The van der Waals surface area contributed by atoms with Crippen molar-refractivity contribution in [3.63, 3.8) is 0 Å². The Hall–Kier alpha value is -1.84. The van der Waals surface area contributed by atoms with Crippen LogP contribution in [0.15, 0.2) is 35.5 Å². The van der Waals surface area contributed by atoms with E-state index in [1.807, 2.05) is 6.07 Å². The Morgan fingerprint density at radius 1 is 1.32 bits per heavy atom. The molecule has 4 heteroatoms. The molecule has 0 spiro atoms. The highest BCUT2D eigenvalue weighted by atomic mass is 19.1. The van der Waals surface area contributed by atoms with Gasteiger partial charge in [0.1, 0.15) is 5.82 Å². The van der Waals surface area contributed by atoms with Crippen LogP contribution in [0.3, 0.4) is 0 Å². The van der Waals surface area contributed by atoms with Crippen LogP contribution >= 0.6 is 0 Å². The highest BCUT2D eigenvalue weighted by Gasteiger charge is 2.16. The molecule has 2 rings (SSSR count). The van der Waals surface area contributed by atoms with Crippen LogP contribution in [0.2, 0.25) is 0 Å². The van der Waals surface area contributed by atoms with Gasteiger partial charge >= 0.3 is 0 Å². The summed E-state index contributed by atoms with van der Waals surface area (Å²) in [6, 6.07) is 6.42. The molecular formula is C15H19FN2O. The average Bonchev–Trinajstić information content (AvgIpc) is 2.39. The zero-order valence-electron chi connectivity index (χ0n) is 10.9. The van der Waals surface area contributed by atoms with E-state index in [-0.39, 0.29) is 11.7 Å². The van der Waals surface area contributed by atoms with Crippen LogP contribution in [-0.2, 0) is 11.2 Å². The van der Waals surface area contributed by atoms with Gasteiger partial charge in [-0.05, 0) is 49.8 Å². The molecule has 0 atom stereocenters. The number of hydrogen-bond donors (Lipinski definition) is 2. The number of carbonyl (C=O) groups excluding carboxylic acids is 1. The summed E-state index contributed by atoms with van der Waals surface area (Å²) in [4.78, 5) is 11.9. The Labute approximate surface area is 112 Å². The van der Waals surface area contributed by atoms with Crippen molar-refractivity contribution >= 4 is 5.91 Å². The summed E-state index contributed by atoms with van der Waals surface area (Å²) in [7, 11) is 0. The maximum Gasteiger partial charge on any atom is 0.248 e. The minimum atomic E-state index is -0.247. The van der Waals surface area contributed by atoms with Crippen molar-refractivity contribution < 1.29 is 9.18 Å². The molecule has 0 bridgehead atoms. The van der Waals surface area contributed by atoms with Crippen LogP contribution in [0.1, 0.15) is 31.2 Å². The van der Waals surface area contributed by atoms with E-state index in [0.29, 0.717) is 13.0 Å². The second kappa shape index (κ2) is 6.36. The molecule has 0 saturated heterocycles. The lowest BCUT2D eigenvalue weighted by Crippen LogP contribution is -2.30. The van der Waals surface area contributed by atoms with Crippen LogP contribution in [0, 0.1) is 5.82 Å². The Morgan fingerprint density at radius 2 is 2.11 bits per heavy atom. The molecule has 0 saturated carbocycles. The van der Waals surface area contributed by atoms with E-state index in [2.05, 4.69) is 5.32 Å². The highest BCUT2D eigenvalue weighted by molar-refractivity contribution is 5.94. The summed E-state index contributed by atoms with van der Waals surface area (Å²) in [6.07, 6.45) is 4.28. The number of carbonyl (C=O) groups is 1. The van der Waals surface area contributed by atoms with Crippen molar-refractivity contribution in [2.75, 3.05) is 6.54 Å². The van der Waals surface area contributed by atoms with E-state index < -0.39 is 0 Å². The number of hydrogen-bond acceptors (Lipinski definition) is 2. The SMILES string of the molecule is NC1=C(C(=O)NCCc2cccc(F)c2)CCCC1. The zero-order chi connectivity index (χ0) is 13.7. The lowest BCUT2D eigenvalue weighted by atomic mass is 9.96. The smallest absolute Gasteiger partial charge is 0.248 e. The molecule has 1 aromatic carbocycles. The maximum atomic E-state index is 13.0. The average molecular weight is 262 g/mol. The molecule has 1 aliphatic carbocycles. The van der Waals surface area contributed by atoms with Crippen LogP contribution in [0.4, 0.5) is 4.39 Å². The van der Waals surface area contributed by atoms with E-state index in [1.54, 1.807) is 6.07 Å². The van der Waals surface area contributed by atoms with E-state index in [4.69, 9.17) is 5.73 Å². The van der Waals surface area contributed by atoms with Gasteiger partial charge in [-0.1, -0.05) is 12.1 Å². The highest BCUT2D eigenvalue weighted by Crippen LogP contribution is 2.21. The van der Waals surface area contributed by atoms with Crippen LogP contribution in [-0.4, -0.2) is 12.5 Å². The molecule has 0 unspecified atom stereocenters. The van der Waals surface area contributed by atoms with Gasteiger partial charge in [-0.2, -0.15) is 0 Å². The van der Waals surface area contributed by atoms with Gasteiger partial charge < -0.3 is 11.1 Å². The third-order valence-corrected chi connectivity index (χ3v) is 3.37. The van der Waals surface area contributed by atoms with Gasteiger partial charge in [-0.25, -0.2) is 4.39 Å². The molecule has 3 nitrogen and oxygen atoms in total. The molecule has 0 heterocycles. The quantitative estimate of drug-likeness (QED) is 0.874.